The Kier molecular flexibility index (Phi) is 3.29. The number of aromatic nitrogens is 2. The fourth-order valence-electron chi connectivity index (χ4n) is 2.27. The summed E-state index contributed by atoms with van der Waals surface area (Å²) < 4.78 is 82.1. The monoisotopic (exact) mass is 352 g/mol. The fraction of sp³-hybridized carbons (Fsp3) is 0.231. The maximum atomic E-state index is 12.9. The van der Waals surface area contributed by atoms with Gasteiger partial charge in [-0.1, -0.05) is 11.2 Å². The first kappa shape index (κ1) is 16.5. The lowest BCUT2D eigenvalue weighted by molar-refractivity contribution is -0.357. The molecule has 5 nitrogen and oxygen atoms in total. The Bertz CT molecular complexity index is 929. The predicted octanol–water partition coefficient (Wildman–Crippen LogP) is 3.09. The zero-order valence-electron chi connectivity index (χ0n) is 11.3. The number of benzene rings is 1. The highest BCUT2D eigenvalue weighted by molar-refractivity contribution is 6.04. The highest BCUT2D eigenvalue weighted by Crippen LogP contribution is 2.43. The summed E-state index contributed by atoms with van der Waals surface area (Å²) in [7, 11) is 0. The van der Waals surface area contributed by atoms with E-state index in [1.165, 1.54) is 6.07 Å². The third-order valence-electron chi connectivity index (χ3n) is 3.37. The number of alkyl halides is 6. The maximum Gasteiger partial charge on any atom is 0.447 e. The van der Waals surface area contributed by atoms with Crippen molar-refractivity contribution in [3.63, 3.8) is 0 Å². The molecular weight excluding hydrogens is 346 g/mol. The van der Waals surface area contributed by atoms with Gasteiger partial charge >= 0.3 is 12.4 Å². The van der Waals surface area contributed by atoms with Gasteiger partial charge in [0.05, 0.1) is 5.39 Å². The van der Waals surface area contributed by atoms with Crippen LogP contribution >= 0.6 is 0 Å². The van der Waals surface area contributed by atoms with Crippen LogP contribution in [0.15, 0.2) is 28.9 Å². The number of hydrogen-bond acceptors (Lipinski definition) is 5. The van der Waals surface area contributed by atoms with E-state index in [0.29, 0.717) is 6.07 Å². The highest BCUT2D eigenvalue weighted by atomic mass is 19.4. The van der Waals surface area contributed by atoms with Gasteiger partial charge in [-0.05, 0) is 12.1 Å². The smallest absolute Gasteiger partial charge is 0.355 e. The molecule has 3 aromatic rings. The van der Waals surface area contributed by atoms with Crippen molar-refractivity contribution < 1.29 is 41.1 Å². The minimum absolute atomic E-state index is 0.339. The van der Waals surface area contributed by atoms with E-state index in [1.54, 1.807) is 0 Å². The average molecular weight is 352 g/mol. The second-order valence-corrected chi connectivity index (χ2v) is 4.90. The molecular formula is C13H6F6N2O3. The number of pyridine rings is 1. The molecule has 0 bridgehead atoms. The molecule has 2 aromatic heterocycles. The maximum absolute atomic E-state index is 12.9. The number of halogens is 6. The molecule has 0 aliphatic heterocycles. The van der Waals surface area contributed by atoms with Gasteiger partial charge in [0.1, 0.15) is 5.52 Å². The number of nitrogens with zero attached hydrogens (tertiary/aromatic N) is 2. The lowest BCUT2D eigenvalue weighted by Crippen LogP contribution is -2.42. The van der Waals surface area contributed by atoms with Crippen LogP contribution in [-0.4, -0.2) is 26.5 Å². The summed E-state index contributed by atoms with van der Waals surface area (Å²) in [6.45, 7) is 0. The predicted molar refractivity (Wildman–Crippen MR) is 66.5 cm³/mol. The van der Waals surface area contributed by atoms with E-state index >= 15 is 0 Å². The Morgan fingerprint density at radius 2 is 1.67 bits per heavy atom. The summed E-state index contributed by atoms with van der Waals surface area (Å²) >= 11 is 0. The molecule has 3 rings (SSSR count). The van der Waals surface area contributed by atoms with Gasteiger partial charge in [-0.3, -0.25) is 4.98 Å². The molecule has 0 spiro atoms. The van der Waals surface area contributed by atoms with E-state index in [-0.39, 0.29) is 0 Å². The normalized spacial score (nSPS) is 13.8. The molecule has 1 aromatic carbocycles. The second kappa shape index (κ2) is 4.80. The number of hydrogen-bond donors (Lipinski definition) is 2. The van der Waals surface area contributed by atoms with Gasteiger partial charge < -0.3 is 14.7 Å². The minimum Gasteiger partial charge on any atom is -0.355 e. The Labute approximate surface area is 128 Å². The van der Waals surface area contributed by atoms with Gasteiger partial charge in [0.25, 0.3) is 5.79 Å². The van der Waals surface area contributed by atoms with Crippen LogP contribution in [0.3, 0.4) is 0 Å². The molecule has 0 saturated heterocycles. The molecule has 2 heterocycles. The Balaban J connectivity index is 2.48. The van der Waals surface area contributed by atoms with E-state index in [4.69, 9.17) is 0 Å². The largest absolute Gasteiger partial charge is 0.447 e. The van der Waals surface area contributed by atoms with Crippen molar-refractivity contribution in [1.82, 2.24) is 10.1 Å². The average Bonchev–Trinajstić information content (AvgIpc) is 2.89. The summed E-state index contributed by atoms with van der Waals surface area (Å²) in [5.41, 5.74) is -3.73. The molecule has 0 saturated carbocycles. The van der Waals surface area contributed by atoms with E-state index in [1.807, 2.05) is 0 Å². The topological polar surface area (TPSA) is 79.4 Å². The number of fused-ring (bicyclic) bond motifs is 3. The third-order valence-corrected chi connectivity index (χ3v) is 3.37. The van der Waals surface area contributed by atoms with Crippen LogP contribution in [0.4, 0.5) is 26.3 Å². The molecule has 0 radical (unpaired) electrons. The van der Waals surface area contributed by atoms with Gasteiger partial charge in [0.15, 0.2) is 11.3 Å². The van der Waals surface area contributed by atoms with Crippen molar-refractivity contribution in [3.05, 3.63) is 35.7 Å². The molecule has 0 aliphatic carbocycles. The lowest BCUT2D eigenvalue weighted by atomic mass is 9.97. The summed E-state index contributed by atoms with van der Waals surface area (Å²) in [6, 6.07) is 2.57. The fourth-order valence-corrected chi connectivity index (χ4v) is 2.27. The molecule has 0 atom stereocenters. The summed E-state index contributed by atoms with van der Waals surface area (Å²) in [5, 5.41) is 20.5. The zero-order valence-corrected chi connectivity index (χ0v) is 11.3. The molecule has 128 valence electrons. The van der Waals surface area contributed by atoms with E-state index in [9.17, 15) is 36.6 Å². The minimum atomic E-state index is -5.56. The third kappa shape index (κ3) is 2.27. The van der Waals surface area contributed by atoms with Crippen LogP contribution < -0.4 is 0 Å². The van der Waals surface area contributed by atoms with Crippen LogP contribution in [0.5, 0.6) is 0 Å². The SMILES string of the molecule is OC(O)(c1cc2c(C(F)(F)F)noc2c2ncccc12)C(F)(F)F. The zero-order chi connectivity index (χ0) is 17.9. The molecule has 0 fully saturated rings. The van der Waals surface area contributed by atoms with Crippen molar-refractivity contribution >= 4 is 21.9 Å². The first-order chi connectivity index (χ1) is 10.9. The van der Waals surface area contributed by atoms with E-state index < -0.39 is 51.3 Å². The molecule has 24 heavy (non-hydrogen) atoms. The van der Waals surface area contributed by atoms with Crippen molar-refractivity contribution in [2.75, 3.05) is 0 Å². The van der Waals surface area contributed by atoms with Crippen molar-refractivity contribution in [1.29, 1.82) is 0 Å². The molecule has 2 N–H and O–H groups in total. The van der Waals surface area contributed by atoms with Gasteiger partial charge in [-0.2, -0.15) is 26.3 Å². The van der Waals surface area contributed by atoms with Gasteiger partial charge in [0, 0.05) is 17.1 Å². The van der Waals surface area contributed by atoms with Gasteiger partial charge in [0.2, 0.25) is 0 Å². The molecule has 0 aliphatic rings. The standard InChI is InChI=1S/C13H6F6N2O3/c14-12(15,16)10-6-4-7(11(22,23)13(17,18)19)5-2-1-3-20-8(5)9(6)24-21-10/h1-4,22-23H. The highest BCUT2D eigenvalue weighted by Gasteiger charge is 2.55. The van der Waals surface area contributed by atoms with Crippen LogP contribution in [-0.2, 0) is 12.0 Å². The van der Waals surface area contributed by atoms with Crippen molar-refractivity contribution in [3.8, 4) is 0 Å². The molecule has 0 amide bonds. The van der Waals surface area contributed by atoms with Crippen LogP contribution in [0, 0.1) is 0 Å². The van der Waals surface area contributed by atoms with Gasteiger partial charge in [-0.15, -0.1) is 0 Å². The van der Waals surface area contributed by atoms with Crippen LogP contribution in [0.1, 0.15) is 11.3 Å². The summed E-state index contributed by atoms with van der Waals surface area (Å²) in [6.07, 6.45) is -9.47. The first-order valence-electron chi connectivity index (χ1n) is 6.21. The Morgan fingerprint density at radius 3 is 2.25 bits per heavy atom. The van der Waals surface area contributed by atoms with E-state index in [2.05, 4.69) is 14.7 Å². The van der Waals surface area contributed by atoms with Gasteiger partial charge in [-0.25, -0.2) is 0 Å². The summed E-state index contributed by atoms with van der Waals surface area (Å²) in [4.78, 5) is 3.67. The number of rotatable bonds is 1. The van der Waals surface area contributed by atoms with Crippen LogP contribution in [0.2, 0.25) is 0 Å². The van der Waals surface area contributed by atoms with Crippen molar-refractivity contribution in [2.45, 2.75) is 18.1 Å². The van der Waals surface area contributed by atoms with Crippen molar-refractivity contribution in [2.24, 2.45) is 0 Å². The molecule has 0 unspecified atom stereocenters. The van der Waals surface area contributed by atoms with E-state index in [0.717, 1.165) is 12.3 Å². The lowest BCUT2D eigenvalue weighted by Gasteiger charge is -2.26. The summed E-state index contributed by atoms with van der Waals surface area (Å²) in [5.74, 6) is -4.39. The Hall–Kier alpha value is -2.40. The van der Waals surface area contributed by atoms with Crippen LogP contribution in [0.25, 0.3) is 21.9 Å². The Morgan fingerprint density at radius 1 is 1.00 bits per heavy atom. The quantitative estimate of drug-likeness (QED) is 0.520. The number of aliphatic hydroxyl groups is 2. The first-order valence-corrected chi connectivity index (χ1v) is 6.21. The molecule has 11 heteroatoms. The second-order valence-electron chi connectivity index (χ2n) is 4.90.